The number of hydrogen-bond donors (Lipinski definition) is 1. The number of alkyl halides is 3. The molecule has 0 bridgehead atoms. The minimum Gasteiger partial charge on any atom is -0.354 e. The van der Waals surface area contributed by atoms with Crippen molar-refractivity contribution in [1.82, 2.24) is 24.9 Å². The van der Waals surface area contributed by atoms with Crippen LogP contribution >= 0.6 is 23.2 Å². The molecule has 1 N–H and O–H groups in total. The number of aromatic nitrogens is 4. The third-order valence-electron chi connectivity index (χ3n) is 4.23. The summed E-state index contributed by atoms with van der Waals surface area (Å²) in [6.45, 7) is 2.42. The molecule has 11 heteroatoms. The van der Waals surface area contributed by atoms with Crippen molar-refractivity contribution in [3.05, 3.63) is 33.3 Å². The van der Waals surface area contributed by atoms with E-state index in [1.807, 2.05) is 0 Å². The van der Waals surface area contributed by atoms with Gasteiger partial charge in [-0.15, -0.1) is 0 Å². The van der Waals surface area contributed by atoms with Gasteiger partial charge >= 0.3 is 6.18 Å². The molecule has 148 valence electrons. The summed E-state index contributed by atoms with van der Waals surface area (Å²) in [5, 5.41) is 10.6. The van der Waals surface area contributed by atoms with Crippen molar-refractivity contribution in [3.63, 3.8) is 0 Å². The summed E-state index contributed by atoms with van der Waals surface area (Å²) in [7, 11) is 0. The SMILES string of the molecule is Cc1nn(CCCNC(=O)Cn2nc(C(F)(F)F)c(Cl)c2C2CC2)cc1Cl. The van der Waals surface area contributed by atoms with E-state index in [1.54, 1.807) is 17.8 Å². The Morgan fingerprint density at radius 2 is 2.04 bits per heavy atom. The smallest absolute Gasteiger partial charge is 0.354 e. The second-order valence-corrected chi connectivity index (χ2v) is 7.29. The average molecular weight is 424 g/mol. The van der Waals surface area contributed by atoms with Crippen molar-refractivity contribution in [2.75, 3.05) is 6.54 Å². The lowest BCUT2D eigenvalue weighted by Crippen LogP contribution is -2.30. The molecule has 1 saturated carbocycles. The maximum absolute atomic E-state index is 13.0. The summed E-state index contributed by atoms with van der Waals surface area (Å²) in [5.41, 5.74) is -0.116. The fourth-order valence-electron chi connectivity index (χ4n) is 2.77. The maximum atomic E-state index is 13.0. The molecule has 1 amide bonds. The van der Waals surface area contributed by atoms with Gasteiger partial charge in [-0.3, -0.25) is 14.2 Å². The minimum atomic E-state index is -4.65. The number of amides is 1. The lowest BCUT2D eigenvalue weighted by atomic mass is 10.2. The normalized spacial score (nSPS) is 14.6. The molecule has 3 rings (SSSR count). The van der Waals surface area contributed by atoms with Gasteiger partial charge in [0.2, 0.25) is 5.91 Å². The Morgan fingerprint density at radius 3 is 2.59 bits per heavy atom. The fraction of sp³-hybridized carbons (Fsp3) is 0.562. The van der Waals surface area contributed by atoms with Crippen LogP contribution in [-0.4, -0.2) is 32.0 Å². The van der Waals surface area contributed by atoms with E-state index in [4.69, 9.17) is 23.2 Å². The van der Waals surface area contributed by atoms with Gasteiger partial charge in [-0.25, -0.2) is 0 Å². The van der Waals surface area contributed by atoms with Gasteiger partial charge in [-0.05, 0) is 26.2 Å². The first kappa shape index (κ1) is 20.0. The molecule has 1 aliphatic carbocycles. The largest absolute Gasteiger partial charge is 0.436 e. The summed E-state index contributed by atoms with van der Waals surface area (Å²) in [5.74, 6) is -0.485. The molecule has 0 unspecified atom stereocenters. The van der Waals surface area contributed by atoms with Crippen molar-refractivity contribution < 1.29 is 18.0 Å². The standard InChI is InChI=1S/C16H18Cl2F3N5O/c1-9-11(17)7-25(23-9)6-2-5-22-12(27)8-26-14(10-3-4-10)13(18)15(24-26)16(19,20)21/h7,10H,2-6,8H2,1H3,(H,22,27). The molecular weight excluding hydrogens is 406 g/mol. The van der Waals surface area contributed by atoms with E-state index < -0.39 is 22.8 Å². The van der Waals surface area contributed by atoms with Crippen LogP contribution in [0.4, 0.5) is 13.2 Å². The molecule has 0 radical (unpaired) electrons. The molecule has 2 aromatic rings. The van der Waals surface area contributed by atoms with E-state index in [1.165, 1.54) is 0 Å². The molecule has 27 heavy (non-hydrogen) atoms. The number of rotatable bonds is 7. The van der Waals surface area contributed by atoms with E-state index in [2.05, 4.69) is 15.5 Å². The maximum Gasteiger partial charge on any atom is 0.436 e. The zero-order chi connectivity index (χ0) is 19.8. The summed E-state index contributed by atoms with van der Waals surface area (Å²) in [6.07, 6.45) is -0.852. The number of halogens is 5. The third-order valence-corrected chi connectivity index (χ3v) is 4.97. The summed E-state index contributed by atoms with van der Waals surface area (Å²) >= 11 is 11.8. The molecule has 1 fully saturated rings. The van der Waals surface area contributed by atoms with Crippen LogP contribution in [0.2, 0.25) is 10.0 Å². The van der Waals surface area contributed by atoms with Gasteiger partial charge in [0.1, 0.15) is 6.54 Å². The Balaban J connectivity index is 1.56. The van der Waals surface area contributed by atoms with Gasteiger partial charge in [0, 0.05) is 25.2 Å². The molecule has 1 aliphatic rings. The van der Waals surface area contributed by atoms with Gasteiger partial charge in [0.15, 0.2) is 5.69 Å². The highest BCUT2D eigenvalue weighted by Crippen LogP contribution is 2.46. The highest BCUT2D eigenvalue weighted by atomic mass is 35.5. The summed E-state index contributed by atoms with van der Waals surface area (Å²) in [6, 6.07) is 0. The average Bonchev–Trinajstić information content (AvgIpc) is 3.27. The van der Waals surface area contributed by atoms with Crippen molar-refractivity contribution in [2.45, 2.75) is 51.4 Å². The van der Waals surface area contributed by atoms with Crippen LogP contribution in [0.1, 0.15) is 42.3 Å². The second kappa shape index (κ2) is 7.71. The first-order valence-corrected chi connectivity index (χ1v) is 9.22. The van der Waals surface area contributed by atoms with Crippen LogP contribution in [0.3, 0.4) is 0 Å². The predicted octanol–water partition coefficient (Wildman–Crippen LogP) is 3.80. The first-order valence-electron chi connectivity index (χ1n) is 8.46. The van der Waals surface area contributed by atoms with Gasteiger partial charge in [0.25, 0.3) is 0 Å². The molecule has 0 spiro atoms. The molecule has 2 aromatic heterocycles. The summed E-state index contributed by atoms with van der Waals surface area (Å²) < 4.78 is 41.8. The number of carbonyl (C=O) groups excluding carboxylic acids is 1. The van der Waals surface area contributed by atoms with E-state index in [-0.39, 0.29) is 12.5 Å². The van der Waals surface area contributed by atoms with E-state index in [0.29, 0.717) is 30.2 Å². The fourth-order valence-corrected chi connectivity index (χ4v) is 3.32. The number of hydrogen-bond acceptors (Lipinski definition) is 3. The minimum absolute atomic E-state index is 0.0679. The Labute approximate surface area is 163 Å². The predicted molar refractivity (Wildman–Crippen MR) is 93.8 cm³/mol. The topological polar surface area (TPSA) is 64.7 Å². The molecule has 0 aromatic carbocycles. The second-order valence-electron chi connectivity index (χ2n) is 6.51. The quantitative estimate of drug-likeness (QED) is 0.688. The Kier molecular flexibility index (Phi) is 5.71. The first-order chi connectivity index (χ1) is 12.7. The van der Waals surface area contributed by atoms with Gasteiger partial charge < -0.3 is 5.32 Å². The van der Waals surface area contributed by atoms with Crippen molar-refractivity contribution in [3.8, 4) is 0 Å². The molecule has 2 heterocycles. The Hall–Kier alpha value is -1.74. The molecule has 0 saturated heterocycles. The monoisotopic (exact) mass is 423 g/mol. The van der Waals surface area contributed by atoms with Gasteiger partial charge in [-0.1, -0.05) is 23.2 Å². The Bertz CT molecular complexity index is 822. The molecule has 6 nitrogen and oxygen atoms in total. The van der Waals surface area contributed by atoms with Crippen molar-refractivity contribution in [1.29, 1.82) is 0 Å². The van der Waals surface area contributed by atoms with Gasteiger partial charge in [-0.2, -0.15) is 23.4 Å². The van der Waals surface area contributed by atoms with E-state index in [0.717, 1.165) is 23.2 Å². The number of aryl methyl sites for hydroxylation is 2. The van der Waals surface area contributed by atoms with E-state index >= 15 is 0 Å². The number of carbonyl (C=O) groups is 1. The zero-order valence-electron chi connectivity index (χ0n) is 14.5. The zero-order valence-corrected chi connectivity index (χ0v) is 16.0. The number of nitrogens with one attached hydrogen (secondary N) is 1. The third kappa shape index (κ3) is 4.76. The van der Waals surface area contributed by atoms with Crippen molar-refractivity contribution in [2.24, 2.45) is 0 Å². The van der Waals surface area contributed by atoms with Crippen molar-refractivity contribution >= 4 is 29.1 Å². The lowest BCUT2D eigenvalue weighted by molar-refractivity contribution is -0.141. The van der Waals surface area contributed by atoms with Crippen LogP contribution in [0.5, 0.6) is 0 Å². The van der Waals surface area contributed by atoms with Gasteiger partial charge in [0.05, 0.1) is 21.4 Å². The lowest BCUT2D eigenvalue weighted by Gasteiger charge is -2.08. The van der Waals surface area contributed by atoms with Crippen LogP contribution in [0.15, 0.2) is 6.20 Å². The highest BCUT2D eigenvalue weighted by molar-refractivity contribution is 6.32. The van der Waals surface area contributed by atoms with Crippen LogP contribution in [-0.2, 0) is 24.1 Å². The van der Waals surface area contributed by atoms with Crippen LogP contribution < -0.4 is 5.32 Å². The number of nitrogens with zero attached hydrogens (tertiary/aromatic N) is 4. The van der Waals surface area contributed by atoms with Crippen LogP contribution in [0, 0.1) is 6.92 Å². The Morgan fingerprint density at radius 1 is 1.33 bits per heavy atom. The van der Waals surface area contributed by atoms with E-state index in [9.17, 15) is 18.0 Å². The highest BCUT2D eigenvalue weighted by Gasteiger charge is 2.42. The summed E-state index contributed by atoms with van der Waals surface area (Å²) in [4.78, 5) is 12.1. The van der Waals surface area contributed by atoms with Crippen LogP contribution in [0.25, 0.3) is 0 Å². The molecule has 0 atom stereocenters. The molecule has 0 aliphatic heterocycles. The molecular formula is C16H18Cl2F3N5O.